The first-order valence-electron chi connectivity index (χ1n) is 7.87. The highest BCUT2D eigenvalue weighted by atomic mass is 16.5. The lowest BCUT2D eigenvalue weighted by Gasteiger charge is -2.13. The first kappa shape index (κ1) is 17.5. The number of ether oxygens (including phenoxy) is 2. The average molecular weight is 327 g/mol. The van der Waals surface area contributed by atoms with Gasteiger partial charge in [0.25, 0.3) is 5.91 Å². The Bertz CT molecular complexity index is 740. The fourth-order valence-electron chi connectivity index (χ4n) is 2.26. The standard InChI is InChI=1S/C19H21NO4/c1-4-23-17-12-14(19(22)24-5-2)10-11-16(17)20-18(21)15-9-7-6-8-13(15)3/h6-12H,4-5H2,1-3H3,(H,20,21). The molecule has 0 fully saturated rings. The molecule has 1 amide bonds. The molecule has 0 aromatic heterocycles. The summed E-state index contributed by atoms with van der Waals surface area (Å²) in [4.78, 5) is 24.3. The molecule has 0 bridgehead atoms. The number of rotatable bonds is 6. The van der Waals surface area contributed by atoms with E-state index in [0.29, 0.717) is 35.8 Å². The molecule has 5 nitrogen and oxygen atoms in total. The summed E-state index contributed by atoms with van der Waals surface area (Å²) in [6, 6.07) is 12.2. The summed E-state index contributed by atoms with van der Waals surface area (Å²) in [6.45, 7) is 6.18. The molecule has 0 aliphatic rings. The average Bonchev–Trinajstić information content (AvgIpc) is 2.57. The largest absolute Gasteiger partial charge is 0.492 e. The van der Waals surface area contributed by atoms with E-state index in [1.54, 1.807) is 31.2 Å². The van der Waals surface area contributed by atoms with Crippen LogP contribution < -0.4 is 10.1 Å². The van der Waals surface area contributed by atoms with E-state index < -0.39 is 5.97 Å². The molecule has 0 aliphatic carbocycles. The zero-order valence-electron chi connectivity index (χ0n) is 14.1. The van der Waals surface area contributed by atoms with Gasteiger partial charge in [0.1, 0.15) is 5.75 Å². The fraction of sp³-hybridized carbons (Fsp3) is 0.263. The Kier molecular flexibility index (Phi) is 5.95. The maximum Gasteiger partial charge on any atom is 0.338 e. The zero-order valence-corrected chi connectivity index (χ0v) is 14.1. The third-order valence-electron chi connectivity index (χ3n) is 3.43. The van der Waals surface area contributed by atoms with Gasteiger partial charge >= 0.3 is 5.97 Å². The molecule has 0 spiro atoms. The van der Waals surface area contributed by atoms with Crippen molar-refractivity contribution in [3.05, 3.63) is 59.2 Å². The molecular weight excluding hydrogens is 306 g/mol. The van der Waals surface area contributed by atoms with Crippen molar-refractivity contribution >= 4 is 17.6 Å². The molecule has 0 saturated carbocycles. The summed E-state index contributed by atoms with van der Waals surface area (Å²) in [7, 11) is 0. The summed E-state index contributed by atoms with van der Waals surface area (Å²) >= 11 is 0. The van der Waals surface area contributed by atoms with Crippen LogP contribution in [0.4, 0.5) is 5.69 Å². The third-order valence-corrected chi connectivity index (χ3v) is 3.43. The Labute approximate surface area is 141 Å². The zero-order chi connectivity index (χ0) is 17.5. The van der Waals surface area contributed by atoms with Crippen LogP contribution in [0.5, 0.6) is 5.75 Å². The molecule has 1 N–H and O–H groups in total. The van der Waals surface area contributed by atoms with Crippen molar-refractivity contribution in [3.63, 3.8) is 0 Å². The molecule has 2 aromatic rings. The number of carbonyl (C=O) groups is 2. The summed E-state index contributed by atoms with van der Waals surface area (Å²) < 4.78 is 10.5. The van der Waals surface area contributed by atoms with Crippen LogP contribution >= 0.6 is 0 Å². The highest BCUT2D eigenvalue weighted by Gasteiger charge is 2.15. The second-order valence-corrected chi connectivity index (χ2v) is 5.13. The van der Waals surface area contributed by atoms with Crippen LogP contribution in [-0.4, -0.2) is 25.1 Å². The van der Waals surface area contributed by atoms with Crippen LogP contribution in [0.3, 0.4) is 0 Å². The Morgan fingerprint density at radius 3 is 2.46 bits per heavy atom. The van der Waals surface area contributed by atoms with Crippen LogP contribution in [0.25, 0.3) is 0 Å². The Morgan fingerprint density at radius 2 is 1.79 bits per heavy atom. The van der Waals surface area contributed by atoms with Gasteiger partial charge in [-0.3, -0.25) is 4.79 Å². The van der Waals surface area contributed by atoms with E-state index in [1.165, 1.54) is 0 Å². The molecule has 0 aliphatic heterocycles. The van der Waals surface area contributed by atoms with Crippen LogP contribution in [0, 0.1) is 6.92 Å². The van der Waals surface area contributed by atoms with Gasteiger partial charge in [-0.2, -0.15) is 0 Å². The summed E-state index contributed by atoms with van der Waals surface area (Å²) in [6.07, 6.45) is 0. The number of anilines is 1. The van der Waals surface area contributed by atoms with Crippen LogP contribution in [-0.2, 0) is 4.74 Å². The minimum Gasteiger partial charge on any atom is -0.492 e. The highest BCUT2D eigenvalue weighted by Crippen LogP contribution is 2.27. The van der Waals surface area contributed by atoms with Gasteiger partial charge in [-0.05, 0) is 50.6 Å². The summed E-state index contributed by atoms with van der Waals surface area (Å²) in [5.41, 5.74) is 2.37. The molecule has 5 heteroatoms. The van der Waals surface area contributed by atoms with Crippen molar-refractivity contribution in [2.45, 2.75) is 20.8 Å². The van der Waals surface area contributed by atoms with Crippen molar-refractivity contribution in [2.24, 2.45) is 0 Å². The number of esters is 1. The lowest BCUT2D eigenvalue weighted by molar-refractivity contribution is 0.0526. The number of carbonyl (C=O) groups excluding carboxylic acids is 2. The normalized spacial score (nSPS) is 10.1. The van der Waals surface area contributed by atoms with Crippen LogP contribution in [0.1, 0.15) is 40.1 Å². The van der Waals surface area contributed by atoms with Crippen LogP contribution in [0.15, 0.2) is 42.5 Å². The third kappa shape index (κ3) is 4.13. The molecule has 0 unspecified atom stereocenters. The fourth-order valence-corrected chi connectivity index (χ4v) is 2.26. The summed E-state index contributed by atoms with van der Waals surface area (Å²) in [5.74, 6) is -0.210. The maximum absolute atomic E-state index is 12.5. The molecule has 0 saturated heterocycles. The Balaban J connectivity index is 2.27. The van der Waals surface area contributed by atoms with Gasteiger partial charge in [-0.25, -0.2) is 4.79 Å². The molecular formula is C19H21NO4. The topological polar surface area (TPSA) is 64.6 Å². The van der Waals surface area contributed by atoms with Crippen LogP contribution in [0.2, 0.25) is 0 Å². The van der Waals surface area contributed by atoms with Gasteiger partial charge in [0.05, 0.1) is 24.5 Å². The van der Waals surface area contributed by atoms with Gasteiger partial charge in [0.2, 0.25) is 0 Å². The molecule has 0 heterocycles. The van der Waals surface area contributed by atoms with Gasteiger partial charge in [0.15, 0.2) is 0 Å². The van der Waals surface area contributed by atoms with Crippen molar-refractivity contribution in [2.75, 3.05) is 18.5 Å². The molecule has 24 heavy (non-hydrogen) atoms. The predicted molar refractivity (Wildman–Crippen MR) is 92.7 cm³/mol. The number of benzene rings is 2. The summed E-state index contributed by atoms with van der Waals surface area (Å²) in [5, 5.41) is 2.83. The smallest absolute Gasteiger partial charge is 0.338 e. The number of hydrogen-bond acceptors (Lipinski definition) is 4. The minimum atomic E-state index is -0.421. The van der Waals surface area contributed by atoms with Crippen molar-refractivity contribution < 1.29 is 19.1 Å². The van der Waals surface area contributed by atoms with Gasteiger partial charge in [-0.15, -0.1) is 0 Å². The SMILES string of the molecule is CCOC(=O)c1ccc(NC(=O)c2ccccc2C)c(OCC)c1. The number of nitrogens with one attached hydrogen (secondary N) is 1. The second kappa shape index (κ2) is 8.15. The highest BCUT2D eigenvalue weighted by molar-refractivity contribution is 6.06. The quantitative estimate of drug-likeness (QED) is 0.819. The molecule has 0 radical (unpaired) electrons. The van der Waals surface area contributed by atoms with E-state index in [2.05, 4.69) is 5.32 Å². The van der Waals surface area contributed by atoms with Crippen molar-refractivity contribution in [3.8, 4) is 5.75 Å². The lowest BCUT2D eigenvalue weighted by Crippen LogP contribution is -2.15. The first-order valence-corrected chi connectivity index (χ1v) is 7.87. The molecule has 2 aromatic carbocycles. The molecule has 0 atom stereocenters. The molecule has 126 valence electrons. The van der Waals surface area contributed by atoms with Gasteiger partial charge in [0, 0.05) is 5.56 Å². The number of hydrogen-bond donors (Lipinski definition) is 1. The van der Waals surface area contributed by atoms with E-state index in [-0.39, 0.29) is 5.91 Å². The second-order valence-electron chi connectivity index (χ2n) is 5.13. The van der Waals surface area contributed by atoms with E-state index in [9.17, 15) is 9.59 Å². The predicted octanol–water partition coefficient (Wildman–Crippen LogP) is 3.82. The number of amides is 1. The minimum absolute atomic E-state index is 0.224. The van der Waals surface area contributed by atoms with E-state index in [1.807, 2.05) is 32.0 Å². The monoisotopic (exact) mass is 327 g/mol. The van der Waals surface area contributed by atoms with E-state index >= 15 is 0 Å². The Hall–Kier alpha value is -2.82. The van der Waals surface area contributed by atoms with Crippen molar-refractivity contribution in [1.29, 1.82) is 0 Å². The Morgan fingerprint density at radius 1 is 1.04 bits per heavy atom. The van der Waals surface area contributed by atoms with E-state index in [4.69, 9.17) is 9.47 Å². The van der Waals surface area contributed by atoms with Crippen molar-refractivity contribution in [1.82, 2.24) is 0 Å². The lowest BCUT2D eigenvalue weighted by atomic mass is 10.1. The first-order chi connectivity index (χ1) is 11.6. The molecule has 2 rings (SSSR count). The van der Waals surface area contributed by atoms with Gasteiger partial charge < -0.3 is 14.8 Å². The maximum atomic E-state index is 12.5. The van der Waals surface area contributed by atoms with Gasteiger partial charge in [-0.1, -0.05) is 18.2 Å². The van der Waals surface area contributed by atoms with E-state index in [0.717, 1.165) is 5.56 Å². The number of aryl methyl sites for hydroxylation is 1.